The Hall–Kier alpha value is -0.850. The summed E-state index contributed by atoms with van der Waals surface area (Å²) in [7, 11) is -1.72. The van der Waals surface area contributed by atoms with Gasteiger partial charge in [0, 0.05) is 12.1 Å². The van der Waals surface area contributed by atoms with Crippen LogP contribution in [0.25, 0.3) is 0 Å². The van der Waals surface area contributed by atoms with Crippen molar-refractivity contribution >= 4 is 10.0 Å². The van der Waals surface area contributed by atoms with Crippen molar-refractivity contribution in [2.45, 2.75) is 51.6 Å². The second-order valence-corrected chi connectivity index (χ2v) is 7.00. The first-order valence-electron chi connectivity index (χ1n) is 6.52. The van der Waals surface area contributed by atoms with Gasteiger partial charge in [-0.05, 0) is 33.2 Å². The molecule has 1 aromatic rings. The van der Waals surface area contributed by atoms with E-state index in [9.17, 15) is 8.42 Å². The number of hydrogen-bond acceptors (Lipinski definition) is 4. The summed E-state index contributed by atoms with van der Waals surface area (Å²) in [4.78, 5) is 0.230. The van der Waals surface area contributed by atoms with Gasteiger partial charge in [-0.15, -0.1) is 0 Å². The summed E-state index contributed by atoms with van der Waals surface area (Å²) in [5.41, 5.74) is 0. The van der Waals surface area contributed by atoms with E-state index in [0.29, 0.717) is 24.0 Å². The van der Waals surface area contributed by atoms with Gasteiger partial charge in [0.1, 0.15) is 16.4 Å². The molecule has 1 atom stereocenters. The zero-order valence-electron chi connectivity index (χ0n) is 12.3. The lowest BCUT2D eigenvalue weighted by atomic mass is 10.1. The molecule has 0 aliphatic carbocycles. The lowest BCUT2D eigenvalue weighted by molar-refractivity contribution is 0.463. The van der Waals surface area contributed by atoms with E-state index in [1.165, 1.54) is 0 Å². The van der Waals surface area contributed by atoms with Crippen LogP contribution < -0.4 is 10.0 Å². The van der Waals surface area contributed by atoms with E-state index in [1.54, 1.807) is 20.0 Å². The zero-order valence-corrected chi connectivity index (χ0v) is 13.1. The summed E-state index contributed by atoms with van der Waals surface area (Å²) in [6.07, 6.45) is 0.805. The Morgan fingerprint density at radius 2 is 1.95 bits per heavy atom. The van der Waals surface area contributed by atoms with Crippen molar-refractivity contribution in [1.82, 2.24) is 10.0 Å². The summed E-state index contributed by atoms with van der Waals surface area (Å²) in [6.45, 7) is 8.19. The molecule has 1 unspecified atom stereocenters. The van der Waals surface area contributed by atoms with Crippen molar-refractivity contribution in [3.05, 3.63) is 17.6 Å². The first kappa shape index (κ1) is 16.2. The molecule has 110 valence electrons. The summed E-state index contributed by atoms with van der Waals surface area (Å²) < 4.78 is 32.7. The summed E-state index contributed by atoms with van der Waals surface area (Å²) in [5, 5.41) is 2.93. The van der Waals surface area contributed by atoms with Gasteiger partial charge in [-0.2, -0.15) is 0 Å². The third-order valence-electron chi connectivity index (χ3n) is 2.75. The maximum atomic E-state index is 12.3. The molecule has 5 nitrogen and oxygen atoms in total. The van der Waals surface area contributed by atoms with Crippen molar-refractivity contribution in [3.8, 4) is 0 Å². The minimum absolute atomic E-state index is 0.0907. The Kier molecular flexibility index (Phi) is 5.58. The molecule has 0 aliphatic heterocycles. The van der Waals surface area contributed by atoms with Crippen LogP contribution in [0.2, 0.25) is 0 Å². The molecule has 1 aromatic heterocycles. The highest BCUT2D eigenvalue weighted by Crippen LogP contribution is 2.20. The van der Waals surface area contributed by atoms with Gasteiger partial charge in [-0.25, -0.2) is 13.1 Å². The first-order valence-corrected chi connectivity index (χ1v) is 8.00. The lowest BCUT2D eigenvalue weighted by Crippen LogP contribution is -2.33. The maximum absolute atomic E-state index is 12.3. The van der Waals surface area contributed by atoms with Gasteiger partial charge in [-0.1, -0.05) is 13.8 Å². The fourth-order valence-corrected chi connectivity index (χ4v) is 3.60. The average Bonchev–Trinajstić information content (AvgIpc) is 2.58. The molecule has 0 fully saturated rings. The van der Waals surface area contributed by atoms with Crippen LogP contribution in [0.5, 0.6) is 0 Å². The van der Waals surface area contributed by atoms with Gasteiger partial charge in [0.15, 0.2) is 0 Å². The van der Waals surface area contributed by atoms with E-state index in [0.717, 1.165) is 6.42 Å². The van der Waals surface area contributed by atoms with Crippen molar-refractivity contribution in [2.75, 3.05) is 7.05 Å². The largest absolute Gasteiger partial charge is 0.464 e. The third-order valence-corrected chi connectivity index (χ3v) is 4.44. The standard InChI is InChI=1S/C13H24N2O3S/c1-9(2)6-10(3)15-19(16,17)13-7-12(8-14-5)18-11(13)4/h7,9-10,14-15H,6,8H2,1-5H3. The molecular weight excluding hydrogens is 264 g/mol. The monoisotopic (exact) mass is 288 g/mol. The third kappa shape index (κ3) is 4.63. The highest BCUT2D eigenvalue weighted by molar-refractivity contribution is 7.89. The molecule has 6 heteroatoms. The van der Waals surface area contributed by atoms with E-state index in [1.807, 2.05) is 6.92 Å². The summed E-state index contributed by atoms with van der Waals surface area (Å²) in [5.74, 6) is 1.49. The molecule has 0 saturated heterocycles. The molecule has 1 heterocycles. The highest BCUT2D eigenvalue weighted by Gasteiger charge is 2.23. The van der Waals surface area contributed by atoms with E-state index < -0.39 is 10.0 Å². The Morgan fingerprint density at radius 3 is 2.47 bits per heavy atom. The molecule has 0 saturated carbocycles. The Bertz CT molecular complexity index is 506. The van der Waals surface area contributed by atoms with Crippen LogP contribution in [0, 0.1) is 12.8 Å². The zero-order chi connectivity index (χ0) is 14.6. The molecule has 0 spiro atoms. The fraction of sp³-hybridized carbons (Fsp3) is 0.692. The first-order chi connectivity index (χ1) is 8.76. The van der Waals surface area contributed by atoms with Crippen LogP contribution in [0.3, 0.4) is 0 Å². The van der Waals surface area contributed by atoms with Crippen LogP contribution in [0.1, 0.15) is 38.7 Å². The number of furan rings is 1. The maximum Gasteiger partial charge on any atom is 0.244 e. The number of rotatable bonds is 7. The molecule has 0 radical (unpaired) electrons. The SMILES string of the molecule is CNCc1cc(S(=O)(=O)NC(C)CC(C)C)c(C)o1. The quantitative estimate of drug-likeness (QED) is 0.805. The number of aryl methyl sites for hydroxylation is 1. The minimum Gasteiger partial charge on any atom is -0.464 e. The second kappa shape index (κ2) is 6.54. The second-order valence-electron chi connectivity index (χ2n) is 5.32. The molecular formula is C13H24N2O3S. The number of sulfonamides is 1. The molecule has 0 aromatic carbocycles. The average molecular weight is 288 g/mol. The van der Waals surface area contributed by atoms with E-state index in [-0.39, 0.29) is 10.9 Å². The molecule has 0 amide bonds. The van der Waals surface area contributed by atoms with E-state index in [4.69, 9.17) is 4.42 Å². The number of hydrogen-bond donors (Lipinski definition) is 2. The van der Waals surface area contributed by atoms with Crippen LogP contribution in [0.15, 0.2) is 15.4 Å². The van der Waals surface area contributed by atoms with E-state index >= 15 is 0 Å². The van der Waals surface area contributed by atoms with Crippen LogP contribution in [0.4, 0.5) is 0 Å². The van der Waals surface area contributed by atoms with Gasteiger partial charge in [0.05, 0.1) is 6.54 Å². The predicted molar refractivity (Wildman–Crippen MR) is 75.4 cm³/mol. The summed E-state index contributed by atoms with van der Waals surface area (Å²) in [6, 6.07) is 1.49. The van der Waals surface area contributed by atoms with Gasteiger partial charge in [0.25, 0.3) is 0 Å². The van der Waals surface area contributed by atoms with Gasteiger partial charge in [-0.3, -0.25) is 0 Å². The van der Waals surface area contributed by atoms with Crippen LogP contribution in [-0.4, -0.2) is 21.5 Å². The normalized spacial score (nSPS) is 14.0. The van der Waals surface area contributed by atoms with Crippen molar-refractivity contribution in [1.29, 1.82) is 0 Å². The molecule has 2 N–H and O–H groups in total. The molecule has 19 heavy (non-hydrogen) atoms. The van der Waals surface area contributed by atoms with Crippen LogP contribution in [-0.2, 0) is 16.6 Å². The highest BCUT2D eigenvalue weighted by atomic mass is 32.2. The summed E-state index contributed by atoms with van der Waals surface area (Å²) >= 11 is 0. The van der Waals surface area contributed by atoms with Gasteiger partial charge < -0.3 is 9.73 Å². The Morgan fingerprint density at radius 1 is 1.32 bits per heavy atom. The fourth-order valence-electron chi connectivity index (χ4n) is 2.14. The molecule has 0 aliphatic rings. The van der Waals surface area contributed by atoms with Crippen LogP contribution >= 0.6 is 0 Å². The smallest absolute Gasteiger partial charge is 0.244 e. The van der Waals surface area contributed by atoms with Gasteiger partial charge in [0.2, 0.25) is 10.0 Å². The van der Waals surface area contributed by atoms with Crippen molar-refractivity contribution in [2.24, 2.45) is 5.92 Å². The van der Waals surface area contributed by atoms with E-state index in [2.05, 4.69) is 23.9 Å². The van der Waals surface area contributed by atoms with Crippen molar-refractivity contribution < 1.29 is 12.8 Å². The predicted octanol–water partition coefficient (Wildman–Crippen LogP) is 2.02. The minimum atomic E-state index is -3.50. The topological polar surface area (TPSA) is 71.3 Å². The molecule has 1 rings (SSSR count). The van der Waals surface area contributed by atoms with Crippen molar-refractivity contribution in [3.63, 3.8) is 0 Å². The Balaban J connectivity index is 2.88. The number of nitrogens with one attached hydrogen (secondary N) is 2. The van der Waals surface area contributed by atoms with Gasteiger partial charge >= 0.3 is 0 Å². The lowest BCUT2D eigenvalue weighted by Gasteiger charge is -2.15. The molecule has 0 bridgehead atoms. The Labute approximate surface area is 115 Å².